The van der Waals surface area contributed by atoms with E-state index in [1.807, 2.05) is 0 Å². The second-order valence-electron chi connectivity index (χ2n) is 5.09. The fourth-order valence-corrected chi connectivity index (χ4v) is 2.76. The number of hydrogen-bond donors (Lipinski definition) is 2. The summed E-state index contributed by atoms with van der Waals surface area (Å²) in [6.45, 7) is 3.60. The number of nitrogens with one attached hydrogen (secondary N) is 1. The average molecular weight is 364 g/mol. The zero-order chi connectivity index (χ0) is 18.0. The standard InChI is InChI=1S/C14H13FN6O3S/c1-7-16-13(24-19-7)21(14-17-8(2)20-25-14)6-9-3-4-10(11(15)5-9)12(22)18-23/h3-5,23H,6H2,1-2H3,(H,18,22). The number of nitrogens with zero attached hydrogens (tertiary/aromatic N) is 5. The highest BCUT2D eigenvalue weighted by Crippen LogP contribution is 2.28. The Morgan fingerprint density at radius 3 is 2.72 bits per heavy atom. The second-order valence-corrected chi connectivity index (χ2v) is 5.82. The highest BCUT2D eigenvalue weighted by molar-refractivity contribution is 7.09. The molecule has 2 aromatic heterocycles. The maximum absolute atomic E-state index is 14.1. The van der Waals surface area contributed by atoms with Crippen LogP contribution in [0.25, 0.3) is 0 Å². The molecule has 0 aliphatic rings. The van der Waals surface area contributed by atoms with E-state index in [2.05, 4.69) is 19.5 Å². The lowest BCUT2D eigenvalue weighted by Gasteiger charge is -2.16. The molecule has 9 nitrogen and oxygen atoms in total. The molecule has 130 valence electrons. The summed E-state index contributed by atoms with van der Waals surface area (Å²) in [7, 11) is 0. The highest BCUT2D eigenvalue weighted by Gasteiger charge is 2.21. The highest BCUT2D eigenvalue weighted by atomic mass is 32.1. The van der Waals surface area contributed by atoms with E-state index in [1.54, 1.807) is 24.8 Å². The molecule has 0 unspecified atom stereocenters. The van der Waals surface area contributed by atoms with Gasteiger partial charge < -0.3 is 4.52 Å². The van der Waals surface area contributed by atoms with Gasteiger partial charge in [-0.05, 0) is 31.5 Å². The number of carbonyl (C=O) groups excluding carboxylic acids is 1. The molecule has 1 aromatic carbocycles. The first-order chi connectivity index (χ1) is 12.0. The van der Waals surface area contributed by atoms with Gasteiger partial charge in [0.2, 0.25) is 5.13 Å². The zero-order valence-electron chi connectivity index (χ0n) is 13.2. The molecule has 0 saturated carbocycles. The molecule has 2 heterocycles. The Hall–Kier alpha value is -2.92. The summed E-state index contributed by atoms with van der Waals surface area (Å²) < 4.78 is 23.4. The Morgan fingerprint density at radius 2 is 2.16 bits per heavy atom. The molecule has 0 fully saturated rings. The Kier molecular flexibility index (Phi) is 4.67. The number of hydrogen-bond acceptors (Lipinski definition) is 9. The average Bonchev–Trinajstić information content (AvgIpc) is 3.20. The number of benzene rings is 1. The summed E-state index contributed by atoms with van der Waals surface area (Å²) in [5, 5.41) is 12.9. The van der Waals surface area contributed by atoms with E-state index in [4.69, 9.17) is 9.73 Å². The lowest BCUT2D eigenvalue weighted by Crippen LogP contribution is -2.21. The van der Waals surface area contributed by atoms with Crippen LogP contribution in [0.4, 0.5) is 15.5 Å². The molecule has 0 spiro atoms. The van der Waals surface area contributed by atoms with E-state index in [0.717, 1.165) is 11.5 Å². The van der Waals surface area contributed by atoms with Crippen LogP contribution >= 0.6 is 11.5 Å². The smallest absolute Gasteiger partial charge is 0.315 e. The van der Waals surface area contributed by atoms with Gasteiger partial charge in [0, 0.05) is 11.5 Å². The number of amides is 1. The van der Waals surface area contributed by atoms with Crippen LogP contribution in [0.15, 0.2) is 22.7 Å². The molecule has 0 aliphatic carbocycles. The molecule has 3 aromatic rings. The van der Waals surface area contributed by atoms with Crippen molar-refractivity contribution in [2.45, 2.75) is 20.4 Å². The Balaban J connectivity index is 1.93. The number of rotatable bonds is 5. The molecular formula is C14H13FN6O3S. The number of anilines is 2. The number of carbonyl (C=O) groups is 1. The third-order valence-electron chi connectivity index (χ3n) is 3.22. The summed E-state index contributed by atoms with van der Waals surface area (Å²) >= 11 is 1.14. The van der Waals surface area contributed by atoms with E-state index >= 15 is 0 Å². The number of aryl methyl sites for hydroxylation is 2. The summed E-state index contributed by atoms with van der Waals surface area (Å²) in [4.78, 5) is 21.4. The Labute approximate surface area is 145 Å². The molecule has 0 bridgehead atoms. The first-order valence-electron chi connectivity index (χ1n) is 7.09. The van der Waals surface area contributed by atoms with Gasteiger partial charge in [0.25, 0.3) is 5.91 Å². The molecule has 0 radical (unpaired) electrons. The van der Waals surface area contributed by atoms with Gasteiger partial charge in [0.1, 0.15) is 11.6 Å². The molecule has 11 heteroatoms. The largest absolute Gasteiger partial charge is 0.330 e. The zero-order valence-corrected chi connectivity index (χ0v) is 14.0. The molecule has 1 amide bonds. The van der Waals surface area contributed by atoms with Crippen molar-refractivity contribution in [3.8, 4) is 0 Å². The van der Waals surface area contributed by atoms with Crippen LogP contribution in [-0.2, 0) is 6.54 Å². The van der Waals surface area contributed by atoms with Crippen LogP contribution < -0.4 is 10.4 Å². The van der Waals surface area contributed by atoms with Gasteiger partial charge in [-0.3, -0.25) is 14.9 Å². The number of aromatic nitrogens is 4. The van der Waals surface area contributed by atoms with E-state index < -0.39 is 11.7 Å². The van der Waals surface area contributed by atoms with Gasteiger partial charge in [0.05, 0.1) is 12.1 Å². The second kappa shape index (κ2) is 6.91. The van der Waals surface area contributed by atoms with Crippen molar-refractivity contribution >= 4 is 28.6 Å². The van der Waals surface area contributed by atoms with Crippen molar-refractivity contribution < 1.29 is 18.9 Å². The number of halogens is 1. The van der Waals surface area contributed by atoms with Gasteiger partial charge in [0.15, 0.2) is 5.82 Å². The third kappa shape index (κ3) is 3.61. The topological polar surface area (TPSA) is 117 Å². The first kappa shape index (κ1) is 16.9. The first-order valence-corrected chi connectivity index (χ1v) is 7.86. The summed E-state index contributed by atoms with van der Waals surface area (Å²) in [6, 6.07) is 4.22. The fourth-order valence-electron chi connectivity index (χ4n) is 2.09. The Morgan fingerprint density at radius 1 is 1.36 bits per heavy atom. The van der Waals surface area contributed by atoms with Crippen LogP contribution in [0.2, 0.25) is 0 Å². The van der Waals surface area contributed by atoms with Gasteiger partial charge in [-0.25, -0.2) is 14.9 Å². The number of hydroxylamine groups is 1. The van der Waals surface area contributed by atoms with Crippen molar-refractivity contribution in [1.82, 2.24) is 25.0 Å². The van der Waals surface area contributed by atoms with Crippen molar-refractivity contribution in [2.24, 2.45) is 0 Å². The van der Waals surface area contributed by atoms with Gasteiger partial charge in [-0.1, -0.05) is 11.2 Å². The molecule has 2 N–H and O–H groups in total. The maximum Gasteiger partial charge on any atom is 0.330 e. The van der Waals surface area contributed by atoms with Crippen molar-refractivity contribution in [3.63, 3.8) is 0 Å². The quantitative estimate of drug-likeness (QED) is 0.522. The molecular weight excluding hydrogens is 351 g/mol. The monoisotopic (exact) mass is 364 g/mol. The predicted molar refractivity (Wildman–Crippen MR) is 85.2 cm³/mol. The van der Waals surface area contributed by atoms with Crippen LogP contribution in [0.1, 0.15) is 27.6 Å². The predicted octanol–water partition coefficient (Wildman–Crippen LogP) is 2.13. The van der Waals surface area contributed by atoms with E-state index in [-0.39, 0.29) is 18.1 Å². The van der Waals surface area contributed by atoms with Crippen molar-refractivity contribution in [1.29, 1.82) is 0 Å². The Bertz CT molecular complexity index is 871. The fraction of sp³-hybridized carbons (Fsp3) is 0.214. The van der Waals surface area contributed by atoms with Gasteiger partial charge in [-0.15, -0.1) is 0 Å². The van der Waals surface area contributed by atoms with Gasteiger partial charge in [-0.2, -0.15) is 9.36 Å². The molecule has 0 saturated heterocycles. The third-order valence-corrected chi connectivity index (χ3v) is 4.05. The van der Waals surface area contributed by atoms with E-state index in [1.165, 1.54) is 17.6 Å². The minimum atomic E-state index is -0.923. The van der Waals surface area contributed by atoms with Crippen molar-refractivity contribution in [2.75, 3.05) is 4.90 Å². The normalized spacial score (nSPS) is 10.7. The summed E-state index contributed by atoms with van der Waals surface area (Å²) in [6.07, 6.45) is 0. The minimum Gasteiger partial charge on any atom is -0.315 e. The van der Waals surface area contributed by atoms with Gasteiger partial charge >= 0.3 is 6.01 Å². The van der Waals surface area contributed by atoms with Crippen LogP contribution in [-0.4, -0.2) is 30.6 Å². The van der Waals surface area contributed by atoms with Crippen LogP contribution in [0, 0.1) is 19.7 Å². The van der Waals surface area contributed by atoms with E-state index in [0.29, 0.717) is 22.3 Å². The minimum absolute atomic E-state index is 0.175. The molecule has 25 heavy (non-hydrogen) atoms. The lowest BCUT2D eigenvalue weighted by molar-refractivity contribution is 0.0702. The summed E-state index contributed by atoms with van der Waals surface area (Å²) in [5.74, 6) is -0.655. The van der Waals surface area contributed by atoms with E-state index in [9.17, 15) is 9.18 Å². The maximum atomic E-state index is 14.1. The van der Waals surface area contributed by atoms with Crippen LogP contribution in [0.5, 0.6) is 0 Å². The summed E-state index contributed by atoms with van der Waals surface area (Å²) in [5.41, 5.74) is 1.67. The van der Waals surface area contributed by atoms with Crippen LogP contribution in [0.3, 0.4) is 0 Å². The van der Waals surface area contributed by atoms with Crippen molar-refractivity contribution in [3.05, 3.63) is 46.8 Å². The molecule has 0 atom stereocenters. The lowest BCUT2D eigenvalue weighted by atomic mass is 10.1. The SMILES string of the molecule is Cc1noc(N(Cc2ccc(C(=O)NO)c(F)c2)c2nc(C)ns2)n1. The molecule has 3 rings (SSSR count). The molecule has 0 aliphatic heterocycles.